The number of ether oxygens (including phenoxy) is 1. The molecule has 0 radical (unpaired) electrons. The molecule has 0 saturated carbocycles. The maximum atomic E-state index is 13.2. The Morgan fingerprint density at radius 3 is 2.30 bits per heavy atom. The molecule has 1 atom stereocenters. The topological polar surface area (TPSA) is 107 Å². The molecule has 164 valence electrons. The monoisotopic (exact) mass is 443 g/mol. The van der Waals surface area contributed by atoms with E-state index < -0.39 is 29.3 Å². The first-order chi connectivity index (χ1) is 15.9. The summed E-state index contributed by atoms with van der Waals surface area (Å²) in [4.78, 5) is 52.5. The zero-order valence-corrected chi connectivity index (χ0v) is 17.7. The number of nitrogens with zero attached hydrogens (tertiary/aromatic N) is 1. The third-order valence-electron chi connectivity index (χ3n) is 5.51. The number of esters is 1. The minimum Gasteiger partial charge on any atom is -0.461 e. The van der Waals surface area contributed by atoms with Gasteiger partial charge in [0.1, 0.15) is 11.6 Å². The van der Waals surface area contributed by atoms with Crippen LogP contribution in [0.1, 0.15) is 33.2 Å². The van der Waals surface area contributed by atoms with E-state index in [1.54, 1.807) is 42.5 Å². The molecule has 1 aliphatic heterocycles. The van der Waals surface area contributed by atoms with Gasteiger partial charge >= 0.3 is 5.97 Å². The van der Waals surface area contributed by atoms with Crippen LogP contribution in [0.2, 0.25) is 0 Å². The second-order valence-corrected chi connectivity index (χ2v) is 7.69. The molecule has 0 spiro atoms. The smallest absolute Gasteiger partial charge is 0.334 e. The Hall–Kier alpha value is -4.46. The van der Waals surface area contributed by atoms with Crippen molar-refractivity contribution in [1.82, 2.24) is 4.90 Å². The summed E-state index contributed by atoms with van der Waals surface area (Å²) >= 11 is 0. The molecule has 2 aromatic heterocycles. The van der Waals surface area contributed by atoms with Gasteiger partial charge in [-0.15, -0.1) is 0 Å². The maximum absolute atomic E-state index is 13.2. The number of carbonyl (C=O) groups is 3. The van der Waals surface area contributed by atoms with Crippen molar-refractivity contribution >= 4 is 28.8 Å². The lowest BCUT2D eigenvalue weighted by Gasteiger charge is -2.21. The average Bonchev–Trinajstić information content (AvgIpc) is 3.42. The zero-order valence-electron chi connectivity index (χ0n) is 17.7. The van der Waals surface area contributed by atoms with Crippen LogP contribution in [-0.2, 0) is 4.79 Å². The Balaban J connectivity index is 1.55. The number of aryl methyl sites for hydroxylation is 1. The van der Waals surface area contributed by atoms with E-state index >= 15 is 0 Å². The molecule has 2 amide bonds. The van der Waals surface area contributed by atoms with Crippen molar-refractivity contribution in [2.75, 3.05) is 0 Å². The molecule has 4 aromatic rings. The fourth-order valence-corrected chi connectivity index (χ4v) is 3.80. The quantitative estimate of drug-likeness (QED) is 0.347. The number of hydrogen-bond donors (Lipinski definition) is 0. The molecule has 8 heteroatoms. The van der Waals surface area contributed by atoms with Crippen molar-refractivity contribution in [3.05, 3.63) is 87.8 Å². The highest BCUT2D eigenvalue weighted by Gasteiger charge is 2.41. The Morgan fingerprint density at radius 1 is 0.970 bits per heavy atom. The number of furan rings is 1. The summed E-state index contributed by atoms with van der Waals surface area (Å²) in [5.41, 5.74) is 1.02. The maximum Gasteiger partial charge on any atom is 0.334 e. The minimum absolute atomic E-state index is 0.0639. The first kappa shape index (κ1) is 20.4. The van der Waals surface area contributed by atoms with Crippen LogP contribution in [-0.4, -0.2) is 28.7 Å². The molecular formula is C25H17NO7. The molecule has 0 fully saturated rings. The Kier molecular flexibility index (Phi) is 4.70. The van der Waals surface area contributed by atoms with Gasteiger partial charge in [-0.1, -0.05) is 18.2 Å². The molecule has 3 heterocycles. The molecule has 0 saturated heterocycles. The van der Waals surface area contributed by atoms with E-state index in [4.69, 9.17) is 13.6 Å². The second-order valence-electron chi connectivity index (χ2n) is 7.69. The van der Waals surface area contributed by atoms with Crippen LogP contribution < -0.4 is 10.2 Å². The summed E-state index contributed by atoms with van der Waals surface area (Å²) in [6.45, 7) is 3.21. The Labute approximate surface area is 187 Å². The average molecular weight is 443 g/mol. The predicted octanol–water partition coefficient (Wildman–Crippen LogP) is 3.95. The van der Waals surface area contributed by atoms with Gasteiger partial charge in [-0.2, -0.15) is 0 Å². The predicted molar refractivity (Wildman–Crippen MR) is 117 cm³/mol. The van der Waals surface area contributed by atoms with Gasteiger partial charge in [0.15, 0.2) is 5.76 Å². The molecule has 0 aliphatic carbocycles. The number of fused-ring (bicyclic) bond motifs is 2. The molecule has 1 aliphatic rings. The van der Waals surface area contributed by atoms with Gasteiger partial charge in [-0.05, 0) is 55.8 Å². The summed E-state index contributed by atoms with van der Waals surface area (Å²) in [5.74, 6) is -2.43. The van der Waals surface area contributed by atoms with Gasteiger partial charge in [0.2, 0.25) is 16.9 Å². The zero-order chi connectivity index (χ0) is 23.3. The standard InChI is InChI=1S/C25H17NO7/c1-13-9-10-17-19(12-13)32-21(18-8-5-11-31-18)22(20(17)27)33-25(30)14(2)26-23(28)15-6-3-4-7-16(15)24(26)29/h3-12,14H,1-2H3/t14-/m1/s1. The summed E-state index contributed by atoms with van der Waals surface area (Å²) in [5, 5.41) is 0.215. The minimum atomic E-state index is -1.28. The molecule has 0 unspecified atom stereocenters. The Morgan fingerprint density at radius 2 is 1.67 bits per heavy atom. The summed E-state index contributed by atoms with van der Waals surface area (Å²) in [6, 6.07) is 13.2. The molecule has 33 heavy (non-hydrogen) atoms. The number of amides is 2. The van der Waals surface area contributed by atoms with Crippen molar-refractivity contribution in [2.45, 2.75) is 19.9 Å². The van der Waals surface area contributed by atoms with Crippen LogP contribution in [0, 0.1) is 6.92 Å². The van der Waals surface area contributed by atoms with E-state index in [9.17, 15) is 19.2 Å². The summed E-state index contributed by atoms with van der Waals surface area (Å²) < 4.78 is 16.7. The first-order valence-electron chi connectivity index (χ1n) is 10.2. The second kappa shape index (κ2) is 7.59. The van der Waals surface area contributed by atoms with E-state index in [1.807, 2.05) is 6.92 Å². The van der Waals surface area contributed by atoms with Crippen LogP contribution in [0.4, 0.5) is 0 Å². The van der Waals surface area contributed by atoms with E-state index in [0.717, 1.165) is 10.5 Å². The molecule has 0 bridgehead atoms. The fraction of sp³-hybridized carbons (Fsp3) is 0.120. The highest BCUT2D eigenvalue weighted by Crippen LogP contribution is 2.32. The van der Waals surface area contributed by atoms with Crippen molar-refractivity contribution in [2.24, 2.45) is 0 Å². The summed E-state index contributed by atoms with van der Waals surface area (Å²) in [6.07, 6.45) is 1.39. The van der Waals surface area contributed by atoms with E-state index in [2.05, 4.69) is 0 Å². The highest BCUT2D eigenvalue weighted by atomic mass is 16.5. The first-order valence-corrected chi connectivity index (χ1v) is 10.2. The van der Waals surface area contributed by atoms with Crippen LogP contribution in [0.3, 0.4) is 0 Å². The van der Waals surface area contributed by atoms with Gasteiger partial charge in [0.05, 0.1) is 22.8 Å². The van der Waals surface area contributed by atoms with E-state index in [0.29, 0.717) is 5.58 Å². The van der Waals surface area contributed by atoms with Crippen molar-refractivity contribution in [1.29, 1.82) is 0 Å². The van der Waals surface area contributed by atoms with Gasteiger partial charge in [-0.3, -0.25) is 19.3 Å². The molecule has 2 aromatic carbocycles. The van der Waals surface area contributed by atoms with Crippen LogP contribution in [0.15, 0.2) is 74.5 Å². The number of rotatable bonds is 4. The van der Waals surface area contributed by atoms with Gasteiger partial charge in [0.25, 0.3) is 11.8 Å². The van der Waals surface area contributed by atoms with Crippen molar-refractivity contribution < 1.29 is 28.0 Å². The molecule has 5 rings (SSSR count). The number of benzene rings is 2. The fourth-order valence-electron chi connectivity index (χ4n) is 3.80. The number of imide groups is 1. The number of carbonyl (C=O) groups excluding carboxylic acids is 3. The highest BCUT2D eigenvalue weighted by molar-refractivity contribution is 6.22. The lowest BCUT2D eigenvalue weighted by atomic mass is 10.1. The van der Waals surface area contributed by atoms with Crippen molar-refractivity contribution in [3.63, 3.8) is 0 Å². The lowest BCUT2D eigenvalue weighted by Crippen LogP contribution is -2.45. The van der Waals surface area contributed by atoms with Crippen LogP contribution >= 0.6 is 0 Å². The largest absolute Gasteiger partial charge is 0.461 e. The van der Waals surface area contributed by atoms with Crippen LogP contribution in [0.25, 0.3) is 22.5 Å². The molecular weight excluding hydrogens is 426 g/mol. The normalized spacial score (nSPS) is 13.9. The Bertz CT molecular complexity index is 1460. The number of hydrogen-bond acceptors (Lipinski definition) is 7. The summed E-state index contributed by atoms with van der Waals surface area (Å²) in [7, 11) is 0. The SMILES string of the molecule is Cc1ccc2c(=O)c(OC(=O)[C@@H](C)N3C(=O)c4ccccc4C3=O)c(-c3ccco3)oc2c1. The van der Waals surface area contributed by atoms with Gasteiger partial charge in [0, 0.05) is 0 Å². The van der Waals surface area contributed by atoms with E-state index in [1.165, 1.54) is 25.3 Å². The third kappa shape index (κ3) is 3.23. The third-order valence-corrected chi connectivity index (χ3v) is 5.51. The van der Waals surface area contributed by atoms with Gasteiger partial charge < -0.3 is 13.6 Å². The van der Waals surface area contributed by atoms with E-state index in [-0.39, 0.29) is 33.8 Å². The van der Waals surface area contributed by atoms with Crippen molar-refractivity contribution in [3.8, 4) is 17.3 Å². The van der Waals surface area contributed by atoms with Crippen LogP contribution in [0.5, 0.6) is 5.75 Å². The van der Waals surface area contributed by atoms with Gasteiger partial charge in [-0.25, -0.2) is 4.79 Å². The molecule has 0 N–H and O–H groups in total. The molecule has 8 nitrogen and oxygen atoms in total. The lowest BCUT2D eigenvalue weighted by molar-refractivity contribution is -0.138.